The molecule has 3 fully saturated rings. The van der Waals surface area contributed by atoms with Crippen LogP contribution in [0.3, 0.4) is 0 Å². The van der Waals surface area contributed by atoms with Crippen LogP contribution in [0.5, 0.6) is 0 Å². The predicted octanol–water partition coefficient (Wildman–Crippen LogP) is 7.94. The van der Waals surface area contributed by atoms with Crippen LogP contribution >= 0.6 is 0 Å². The largest absolute Gasteiger partial charge is 0.393 e. The van der Waals surface area contributed by atoms with E-state index in [4.69, 9.17) is 0 Å². The summed E-state index contributed by atoms with van der Waals surface area (Å²) in [7, 11) is 0. The summed E-state index contributed by atoms with van der Waals surface area (Å²) in [6, 6.07) is 0. The van der Waals surface area contributed by atoms with Gasteiger partial charge in [-0.3, -0.25) is 0 Å². The van der Waals surface area contributed by atoms with Gasteiger partial charge in [-0.15, -0.1) is 0 Å². The van der Waals surface area contributed by atoms with Gasteiger partial charge in [0.25, 0.3) is 0 Å². The van der Waals surface area contributed by atoms with Crippen LogP contribution in [-0.4, -0.2) is 11.2 Å². The highest BCUT2D eigenvalue weighted by Gasteiger charge is 2.59. The summed E-state index contributed by atoms with van der Waals surface area (Å²) >= 11 is 0. The van der Waals surface area contributed by atoms with E-state index in [2.05, 4.69) is 53.7 Å². The molecule has 1 N–H and O–H groups in total. The summed E-state index contributed by atoms with van der Waals surface area (Å²) in [4.78, 5) is 0. The van der Waals surface area contributed by atoms with Gasteiger partial charge < -0.3 is 5.11 Å². The van der Waals surface area contributed by atoms with Gasteiger partial charge >= 0.3 is 0 Å². The molecule has 0 aliphatic heterocycles. The Balaban J connectivity index is 1.49. The van der Waals surface area contributed by atoms with Crippen molar-refractivity contribution < 1.29 is 5.11 Å². The quantitative estimate of drug-likeness (QED) is 0.454. The first kappa shape index (κ1) is 22.6. The lowest BCUT2D eigenvalue weighted by Crippen LogP contribution is -2.50. The molecule has 0 bridgehead atoms. The van der Waals surface area contributed by atoms with Crippen LogP contribution in [0.1, 0.15) is 106 Å². The topological polar surface area (TPSA) is 20.2 Å². The van der Waals surface area contributed by atoms with Gasteiger partial charge in [-0.2, -0.15) is 0 Å². The Kier molecular flexibility index (Phi) is 6.35. The molecule has 0 radical (unpaired) electrons. The Morgan fingerprint density at radius 3 is 2.57 bits per heavy atom. The maximum Gasteiger partial charge on any atom is 0.0577 e. The van der Waals surface area contributed by atoms with Gasteiger partial charge in [-0.25, -0.2) is 0 Å². The minimum absolute atomic E-state index is 0.0839. The van der Waals surface area contributed by atoms with E-state index >= 15 is 0 Å². The Labute approximate surface area is 186 Å². The Morgan fingerprint density at radius 1 is 1.10 bits per heavy atom. The van der Waals surface area contributed by atoms with Gasteiger partial charge in [-0.05, 0) is 117 Å². The van der Waals surface area contributed by atoms with E-state index in [0.29, 0.717) is 16.7 Å². The Hall–Kier alpha value is -0.560. The molecule has 0 unspecified atom stereocenters. The summed E-state index contributed by atoms with van der Waals surface area (Å²) in [5.41, 5.74) is 4.21. The van der Waals surface area contributed by atoms with Crippen molar-refractivity contribution in [3.63, 3.8) is 0 Å². The highest BCUT2D eigenvalue weighted by Crippen LogP contribution is 2.67. The molecule has 3 saturated carbocycles. The second-order valence-corrected chi connectivity index (χ2v) is 12.4. The van der Waals surface area contributed by atoms with Gasteiger partial charge in [0.15, 0.2) is 0 Å². The van der Waals surface area contributed by atoms with Crippen molar-refractivity contribution in [3.8, 4) is 0 Å². The van der Waals surface area contributed by atoms with E-state index in [1.54, 1.807) is 11.1 Å². The first-order valence-electron chi connectivity index (χ1n) is 13.2. The van der Waals surface area contributed by atoms with E-state index in [1.165, 1.54) is 51.4 Å². The highest BCUT2D eigenvalue weighted by molar-refractivity contribution is 5.25. The number of rotatable bonds is 5. The molecule has 4 rings (SSSR count). The van der Waals surface area contributed by atoms with E-state index in [9.17, 15) is 5.11 Å². The monoisotopic (exact) mass is 412 g/mol. The molecule has 8 atom stereocenters. The van der Waals surface area contributed by atoms with Crippen LogP contribution in [0, 0.1) is 46.3 Å². The lowest BCUT2D eigenvalue weighted by atomic mass is 9.47. The maximum absolute atomic E-state index is 10.2. The van der Waals surface area contributed by atoms with Crippen molar-refractivity contribution in [2.45, 2.75) is 112 Å². The fourth-order valence-corrected chi connectivity index (χ4v) is 8.98. The first-order chi connectivity index (χ1) is 14.2. The molecule has 0 amide bonds. The molecule has 1 heteroatoms. The van der Waals surface area contributed by atoms with Gasteiger partial charge in [0, 0.05) is 0 Å². The number of hydrogen-bond donors (Lipinski definition) is 1. The fourth-order valence-electron chi connectivity index (χ4n) is 8.98. The van der Waals surface area contributed by atoms with Crippen molar-refractivity contribution >= 4 is 0 Å². The smallest absolute Gasteiger partial charge is 0.0577 e. The normalized spacial score (nSPS) is 44.9. The van der Waals surface area contributed by atoms with E-state index in [1.807, 2.05) is 0 Å². The third kappa shape index (κ3) is 3.66. The van der Waals surface area contributed by atoms with Gasteiger partial charge in [0.05, 0.1) is 6.10 Å². The van der Waals surface area contributed by atoms with Crippen molar-refractivity contribution in [2.24, 2.45) is 46.3 Å². The van der Waals surface area contributed by atoms with E-state index < -0.39 is 0 Å². The van der Waals surface area contributed by atoms with Crippen LogP contribution in [0.15, 0.2) is 23.3 Å². The molecule has 0 aromatic rings. The zero-order valence-electron chi connectivity index (χ0n) is 20.7. The molecule has 170 valence electrons. The molecule has 0 aromatic carbocycles. The molecular weight excluding hydrogens is 364 g/mol. The highest BCUT2D eigenvalue weighted by atomic mass is 16.3. The number of aliphatic hydroxyl groups is 1. The predicted molar refractivity (Wildman–Crippen MR) is 128 cm³/mol. The first-order valence-corrected chi connectivity index (χ1v) is 13.2. The lowest BCUT2D eigenvalue weighted by Gasteiger charge is -2.58. The van der Waals surface area contributed by atoms with Gasteiger partial charge in [0.2, 0.25) is 0 Å². The Bertz CT molecular complexity index is 686. The number of allylic oxidation sites excluding steroid dienone is 3. The molecule has 0 saturated heterocycles. The third-order valence-electron chi connectivity index (χ3n) is 10.8. The van der Waals surface area contributed by atoms with Crippen molar-refractivity contribution in [2.75, 3.05) is 0 Å². The minimum atomic E-state index is -0.0839. The third-order valence-corrected chi connectivity index (χ3v) is 10.8. The molecule has 0 aromatic heterocycles. The fraction of sp³-hybridized carbons (Fsp3) is 0.862. The maximum atomic E-state index is 10.2. The zero-order chi connectivity index (χ0) is 21.7. The second-order valence-electron chi connectivity index (χ2n) is 12.4. The SMILES string of the molecule is C/C=C(/CC[C@@H](C)[C@H]1CC[C@H]2[C@@H]3CC=C4C[C@@H](O)CC[C@]4(C)[C@H]3CC[C@]12C)C(C)C. The van der Waals surface area contributed by atoms with Crippen LogP contribution in [0.2, 0.25) is 0 Å². The van der Waals surface area contributed by atoms with Crippen molar-refractivity contribution in [1.29, 1.82) is 0 Å². The average molecular weight is 413 g/mol. The summed E-state index contributed by atoms with van der Waals surface area (Å²) in [6.07, 6.45) is 17.8. The van der Waals surface area contributed by atoms with Crippen LogP contribution in [-0.2, 0) is 0 Å². The van der Waals surface area contributed by atoms with E-state index in [-0.39, 0.29) is 6.10 Å². The molecule has 4 aliphatic carbocycles. The zero-order valence-corrected chi connectivity index (χ0v) is 20.7. The molecular formula is C29H48O. The summed E-state index contributed by atoms with van der Waals surface area (Å²) in [6.45, 7) is 14.7. The molecule has 0 heterocycles. The number of fused-ring (bicyclic) bond motifs is 5. The van der Waals surface area contributed by atoms with Crippen LogP contribution in [0.4, 0.5) is 0 Å². The van der Waals surface area contributed by atoms with E-state index in [0.717, 1.165) is 42.4 Å². The number of aliphatic hydroxyl groups excluding tert-OH is 1. The second kappa shape index (κ2) is 8.42. The average Bonchev–Trinajstić information content (AvgIpc) is 3.06. The van der Waals surface area contributed by atoms with Crippen LogP contribution in [0.25, 0.3) is 0 Å². The summed E-state index contributed by atoms with van der Waals surface area (Å²) in [5, 5.41) is 10.2. The van der Waals surface area contributed by atoms with Crippen molar-refractivity contribution in [3.05, 3.63) is 23.3 Å². The molecule has 0 spiro atoms. The summed E-state index contributed by atoms with van der Waals surface area (Å²) in [5.74, 6) is 5.15. The summed E-state index contributed by atoms with van der Waals surface area (Å²) < 4.78 is 0. The van der Waals surface area contributed by atoms with Crippen LogP contribution < -0.4 is 0 Å². The Morgan fingerprint density at radius 2 is 1.87 bits per heavy atom. The van der Waals surface area contributed by atoms with Gasteiger partial charge in [0.1, 0.15) is 0 Å². The van der Waals surface area contributed by atoms with Gasteiger partial charge in [-0.1, -0.05) is 57.9 Å². The molecule has 1 nitrogen and oxygen atoms in total. The number of hydrogen-bond acceptors (Lipinski definition) is 1. The minimum Gasteiger partial charge on any atom is -0.393 e. The molecule has 4 aliphatic rings. The lowest BCUT2D eigenvalue weighted by molar-refractivity contribution is -0.0571. The molecule has 30 heavy (non-hydrogen) atoms. The standard InChI is InChI=1S/C29H48O/c1-7-21(19(2)3)9-8-20(4)25-12-13-26-24-11-10-22-18-23(30)14-16-28(22,5)27(24)15-17-29(25,26)6/h7,10,19-20,23-27,30H,8-9,11-18H2,1-6H3/b21-7-/t20-,23+,24+,25-,26+,27+,28+,29-/m1/s1. The van der Waals surface area contributed by atoms with Crippen molar-refractivity contribution in [1.82, 2.24) is 0 Å².